The Kier molecular flexibility index (Phi) is 6.56. The van der Waals surface area contributed by atoms with E-state index in [1.54, 1.807) is 0 Å². The van der Waals surface area contributed by atoms with Crippen LogP contribution in [0.1, 0.15) is 52.0 Å². The number of hydrogen-bond donors (Lipinski definition) is 1. The normalized spacial score (nSPS) is 22.5. The molecule has 2 heteroatoms. The zero-order chi connectivity index (χ0) is 15.1. The zero-order valence-corrected chi connectivity index (χ0v) is 14.1. The van der Waals surface area contributed by atoms with Crippen LogP contribution in [0.4, 0.5) is 5.69 Å². The number of hydrogen-bond acceptors (Lipinski definition) is 2. The molecule has 1 N–H and O–H groups in total. The minimum Gasteiger partial charge on any atom is -0.385 e. The summed E-state index contributed by atoms with van der Waals surface area (Å²) in [4.78, 5) is 2.46. The molecule has 1 fully saturated rings. The SMILES string of the molecule is CCN(CC)Cc1cccc(NCC2CCCC(C)C2)c1. The van der Waals surface area contributed by atoms with Crippen LogP contribution >= 0.6 is 0 Å². The first-order chi connectivity index (χ1) is 10.2. The van der Waals surface area contributed by atoms with Gasteiger partial charge < -0.3 is 5.32 Å². The Hall–Kier alpha value is -1.02. The molecule has 0 amide bonds. The summed E-state index contributed by atoms with van der Waals surface area (Å²) in [5.74, 6) is 1.78. The molecule has 0 spiro atoms. The molecule has 1 saturated carbocycles. The standard InChI is InChI=1S/C19H32N2/c1-4-21(5-2)15-18-10-7-11-19(13-18)20-14-17-9-6-8-16(3)12-17/h7,10-11,13,16-17,20H,4-6,8-9,12,14-15H2,1-3H3. The van der Waals surface area contributed by atoms with Crippen LogP contribution in [0.2, 0.25) is 0 Å². The van der Waals surface area contributed by atoms with Gasteiger partial charge in [0.25, 0.3) is 0 Å². The molecule has 0 heterocycles. The fourth-order valence-electron chi connectivity index (χ4n) is 3.49. The molecule has 1 aliphatic carbocycles. The van der Waals surface area contributed by atoms with Crippen molar-refractivity contribution < 1.29 is 0 Å². The molecule has 1 aromatic rings. The highest BCUT2D eigenvalue weighted by Gasteiger charge is 2.18. The van der Waals surface area contributed by atoms with E-state index in [1.165, 1.54) is 36.9 Å². The third-order valence-electron chi connectivity index (χ3n) is 4.87. The lowest BCUT2D eigenvalue weighted by molar-refractivity contribution is 0.293. The molecular formula is C19H32N2. The van der Waals surface area contributed by atoms with Gasteiger partial charge in [0.15, 0.2) is 0 Å². The molecule has 1 aromatic carbocycles. The van der Waals surface area contributed by atoms with Crippen LogP contribution in [0.5, 0.6) is 0 Å². The Morgan fingerprint density at radius 3 is 2.71 bits per heavy atom. The molecular weight excluding hydrogens is 256 g/mol. The van der Waals surface area contributed by atoms with Gasteiger partial charge in [0.2, 0.25) is 0 Å². The van der Waals surface area contributed by atoms with Crippen molar-refractivity contribution in [1.82, 2.24) is 4.90 Å². The van der Waals surface area contributed by atoms with Crippen LogP contribution in [0.25, 0.3) is 0 Å². The van der Waals surface area contributed by atoms with Crippen LogP contribution in [0.15, 0.2) is 24.3 Å². The highest BCUT2D eigenvalue weighted by atomic mass is 15.1. The summed E-state index contributed by atoms with van der Waals surface area (Å²) in [5, 5.41) is 3.67. The molecule has 2 rings (SSSR count). The summed E-state index contributed by atoms with van der Waals surface area (Å²) in [5.41, 5.74) is 2.71. The minimum atomic E-state index is 0.861. The molecule has 118 valence electrons. The van der Waals surface area contributed by atoms with E-state index < -0.39 is 0 Å². The maximum absolute atomic E-state index is 3.67. The van der Waals surface area contributed by atoms with Crippen LogP contribution in [0.3, 0.4) is 0 Å². The van der Waals surface area contributed by atoms with Gasteiger partial charge in [0.1, 0.15) is 0 Å². The van der Waals surface area contributed by atoms with Crippen molar-refractivity contribution in [3.05, 3.63) is 29.8 Å². The number of nitrogens with zero attached hydrogens (tertiary/aromatic N) is 1. The molecule has 1 aliphatic rings. The van der Waals surface area contributed by atoms with Gasteiger partial charge in [-0.05, 0) is 55.5 Å². The van der Waals surface area contributed by atoms with Gasteiger partial charge in [-0.15, -0.1) is 0 Å². The summed E-state index contributed by atoms with van der Waals surface area (Å²) in [6.07, 6.45) is 5.63. The fraction of sp³-hybridized carbons (Fsp3) is 0.684. The first-order valence-corrected chi connectivity index (χ1v) is 8.76. The smallest absolute Gasteiger partial charge is 0.0343 e. The van der Waals surface area contributed by atoms with Gasteiger partial charge in [0.05, 0.1) is 0 Å². The zero-order valence-electron chi connectivity index (χ0n) is 14.1. The van der Waals surface area contributed by atoms with Gasteiger partial charge in [-0.3, -0.25) is 4.90 Å². The Bertz CT molecular complexity index is 412. The van der Waals surface area contributed by atoms with Crippen LogP contribution in [-0.2, 0) is 6.54 Å². The quantitative estimate of drug-likeness (QED) is 0.777. The van der Waals surface area contributed by atoms with Crippen LogP contribution < -0.4 is 5.32 Å². The predicted octanol–water partition coefficient (Wildman–Crippen LogP) is 4.77. The summed E-state index contributed by atoms with van der Waals surface area (Å²) in [6.45, 7) is 11.3. The Morgan fingerprint density at radius 2 is 2.00 bits per heavy atom. The van der Waals surface area contributed by atoms with Crippen molar-refractivity contribution in [1.29, 1.82) is 0 Å². The van der Waals surface area contributed by atoms with E-state index in [4.69, 9.17) is 0 Å². The van der Waals surface area contributed by atoms with Crippen molar-refractivity contribution in [3.8, 4) is 0 Å². The highest BCUT2D eigenvalue weighted by Crippen LogP contribution is 2.28. The maximum atomic E-state index is 3.67. The predicted molar refractivity (Wildman–Crippen MR) is 92.7 cm³/mol. The molecule has 21 heavy (non-hydrogen) atoms. The second-order valence-electron chi connectivity index (χ2n) is 6.68. The van der Waals surface area contributed by atoms with E-state index in [9.17, 15) is 0 Å². The molecule has 0 aliphatic heterocycles. The summed E-state index contributed by atoms with van der Waals surface area (Å²) in [7, 11) is 0. The number of rotatable bonds is 7. The van der Waals surface area contributed by atoms with Crippen molar-refractivity contribution in [2.75, 3.05) is 25.0 Å². The lowest BCUT2D eigenvalue weighted by Gasteiger charge is -2.27. The molecule has 0 aromatic heterocycles. The lowest BCUT2D eigenvalue weighted by atomic mass is 9.82. The van der Waals surface area contributed by atoms with Crippen LogP contribution in [0, 0.1) is 11.8 Å². The number of nitrogens with one attached hydrogen (secondary N) is 1. The highest BCUT2D eigenvalue weighted by molar-refractivity contribution is 5.45. The van der Waals surface area contributed by atoms with E-state index in [2.05, 4.69) is 55.3 Å². The second-order valence-corrected chi connectivity index (χ2v) is 6.68. The second kappa shape index (κ2) is 8.43. The third-order valence-corrected chi connectivity index (χ3v) is 4.87. The maximum Gasteiger partial charge on any atom is 0.0343 e. The van der Waals surface area contributed by atoms with Gasteiger partial charge in [0, 0.05) is 18.8 Å². The average Bonchev–Trinajstić information content (AvgIpc) is 2.51. The first kappa shape index (κ1) is 16.4. The van der Waals surface area contributed by atoms with Crippen LogP contribution in [-0.4, -0.2) is 24.5 Å². The van der Waals surface area contributed by atoms with Gasteiger partial charge >= 0.3 is 0 Å². The molecule has 0 saturated heterocycles. The van der Waals surface area contributed by atoms with E-state index in [-0.39, 0.29) is 0 Å². The van der Waals surface area contributed by atoms with Crippen molar-refractivity contribution in [2.45, 2.75) is 53.0 Å². The Balaban J connectivity index is 1.85. The molecule has 0 bridgehead atoms. The molecule has 2 atom stereocenters. The van der Waals surface area contributed by atoms with E-state index in [0.717, 1.165) is 38.0 Å². The van der Waals surface area contributed by atoms with E-state index in [0.29, 0.717) is 0 Å². The fourth-order valence-corrected chi connectivity index (χ4v) is 3.49. The first-order valence-electron chi connectivity index (χ1n) is 8.76. The minimum absolute atomic E-state index is 0.861. The Labute approximate surface area is 130 Å². The van der Waals surface area contributed by atoms with Gasteiger partial charge in [-0.2, -0.15) is 0 Å². The summed E-state index contributed by atoms with van der Waals surface area (Å²) < 4.78 is 0. The van der Waals surface area contributed by atoms with E-state index in [1.807, 2.05) is 0 Å². The lowest BCUT2D eigenvalue weighted by Crippen LogP contribution is -2.22. The van der Waals surface area contributed by atoms with E-state index >= 15 is 0 Å². The van der Waals surface area contributed by atoms with Crippen molar-refractivity contribution in [2.24, 2.45) is 11.8 Å². The third kappa shape index (κ3) is 5.35. The molecule has 0 radical (unpaired) electrons. The average molecular weight is 288 g/mol. The monoisotopic (exact) mass is 288 g/mol. The Morgan fingerprint density at radius 1 is 1.19 bits per heavy atom. The van der Waals surface area contributed by atoms with Gasteiger partial charge in [-0.25, -0.2) is 0 Å². The largest absolute Gasteiger partial charge is 0.385 e. The van der Waals surface area contributed by atoms with Crippen molar-refractivity contribution >= 4 is 5.69 Å². The summed E-state index contributed by atoms with van der Waals surface area (Å²) in [6, 6.07) is 8.96. The molecule has 2 unspecified atom stereocenters. The summed E-state index contributed by atoms with van der Waals surface area (Å²) >= 11 is 0. The van der Waals surface area contributed by atoms with Crippen molar-refractivity contribution in [3.63, 3.8) is 0 Å². The topological polar surface area (TPSA) is 15.3 Å². The van der Waals surface area contributed by atoms with Gasteiger partial charge in [-0.1, -0.05) is 45.7 Å². The number of anilines is 1. The molecule has 2 nitrogen and oxygen atoms in total. The number of benzene rings is 1.